The van der Waals surface area contributed by atoms with Crippen molar-refractivity contribution in [3.63, 3.8) is 0 Å². The van der Waals surface area contributed by atoms with Gasteiger partial charge in [-0.3, -0.25) is 14.6 Å². The zero-order chi connectivity index (χ0) is 18.4. The van der Waals surface area contributed by atoms with Crippen molar-refractivity contribution in [1.29, 1.82) is 0 Å². The van der Waals surface area contributed by atoms with Crippen LogP contribution < -0.4 is 0 Å². The largest absolute Gasteiger partial charge is 0.334 e. The predicted octanol–water partition coefficient (Wildman–Crippen LogP) is 1.91. The highest BCUT2D eigenvalue weighted by atomic mass is 16.2. The van der Waals surface area contributed by atoms with Crippen molar-refractivity contribution in [2.45, 2.75) is 51.1 Å². The molecule has 0 aromatic carbocycles. The highest BCUT2D eigenvalue weighted by Crippen LogP contribution is 2.20. The van der Waals surface area contributed by atoms with Crippen LogP contribution in [0.4, 0.5) is 0 Å². The smallest absolute Gasteiger partial charge is 0.242 e. The third kappa shape index (κ3) is 5.04. The summed E-state index contributed by atoms with van der Waals surface area (Å²) in [4.78, 5) is 35.6. The average molecular weight is 358 g/mol. The van der Waals surface area contributed by atoms with E-state index in [0.29, 0.717) is 19.5 Å². The normalized spacial score (nSPS) is 20.0. The molecule has 0 saturated carbocycles. The molecule has 0 radical (unpaired) electrons. The van der Waals surface area contributed by atoms with Gasteiger partial charge in [-0.2, -0.15) is 0 Å². The minimum absolute atomic E-state index is 0.0756. The molecule has 2 saturated heterocycles. The summed E-state index contributed by atoms with van der Waals surface area (Å²) in [6, 6.07) is 4.17. The first-order valence-electron chi connectivity index (χ1n) is 9.78. The van der Waals surface area contributed by atoms with Crippen molar-refractivity contribution < 1.29 is 9.59 Å². The number of carbonyl (C=O) groups is 2. The van der Waals surface area contributed by atoms with Gasteiger partial charge in [0, 0.05) is 37.9 Å². The van der Waals surface area contributed by atoms with Gasteiger partial charge in [-0.25, -0.2) is 0 Å². The molecule has 0 N–H and O–H groups in total. The van der Waals surface area contributed by atoms with Crippen LogP contribution in [0.1, 0.15) is 44.1 Å². The van der Waals surface area contributed by atoms with Crippen molar-refractivity contribution in [3.8, 4) is 0 Å². The van der Waals surface area contributed by atoms with Gasteiger partial charge >= 0.3 is 0 Å². The highest BCUT2D eigenvalue weighted by molar-refractivity contribution is 5.85. The van der Waals surface area contributed by atoms with Gasteiger partial charge in [0.05, 0.1) is 6.54 Å². The second-order valence-electron chi connectivity index (χ2n) is 7.54. The van der Waals surface area contributed by atoms with E-state index in [-0.39, 0.29) is 24.4 Å². The van der Waals surface area contributed by atoms with Crippen LogP contribution in [0, 0.1) is 0 Å². The molecule has 2 fully saturated rings. The molecular weight excluding hydrogens is 328 g/mol. The van der Waals surface area contributed by atoms with Gasteiger partial charge in [0.25, 0.3) is 0 Å². The third-order valence-electron chi connectivity index (χ3n) is 5.55. The molecule has 0 atom stereocenters. The van der Waals surface area contributed by atoms with E-state index in [2.05, 4.69) is 16.9 Å². The number of aromatic nitrogens is 1. The van der Waals surface area contributed by atoms with Crippen molar-refractivity contribution >= 4 is 11.8 Å². The Morgan fingerprint density at radius 2 is 1.88 bits per heavy atom. The number of rotatable bonds is 5. The van der Waals surface area contributed by atoms with Crippen LogP contribution in [0.2, 0.25) is 0 Å². The number of nitrogens with zero attached hydrogens (tertiary/aromatic N) is 4. The van der Waals surface area contributed by atoms with Gasteiger partial charge in [0.15, 0.2) is 0 Å². The topological polar surface area (TPSA) is 56.8 Å². The Bertz CT molecular complexity index is 599. The minimum atomic E-state index is 0.0756. The molecule has 0 spiro atoms. The molecule has 2 aliphatic rings. The van der Waals surface area contributed by atoms with Crippen molar-refractivity contribution in [1.82, 2.24) is 19.7 Å². The van der Waals surface area contributed by atoms with Crippen LogP contribution in [0.15, 0.2) is 24.5 Å². The minimum Gasteiger partial charge on any atom is -0.334 e. The fourth-order valence-electron chi connectivity index (χ4n) is 3.87. The molecule has 0 aliphatic carbocycles. The molecule has 1 aromatic heterocycles. The maximum atomic E-state index is 13.2. The zero-order valence-electron chi connectivity index (χ0n) is 15.8. The summed E-state index contributed by atoms with van der Waals surface area (Å²) >= 11 is 0. The first-order valence-corrected chi connectivity index (χ1v) is 9.78. The quantitative estimate of drug-likeness (QED) is 0.807. The Balaban J connectivity index is 1.70. The monoisotopic (exact) mass is 358 g/mol. The molecule has 3 rings (SSSR count). The number of hydrogen-bond acceptors (Lipinski definition) is 4. The Labute approximate surface area is 156 Å². The predicted molar refractivity (Wildman–Crippen MR) is 100 cm³/mol. The fraction of sp³-hybridized carbons (Fsp3) is 0.650. The fourth-order valence-corrected chi connectivity index (χ4v) is 3.87. The average Bonchev–Trinajstić information content (AvgIpc) is 2.86. The molecule has 0 bridgehead atoms. The number of piperidine rings is 1. The Morgan fingerprint density at radius 3 is 2.62 bits per heavy atom. The van der Waals surface area contributed by atoms with Gasteiger partial charge < -0.3 is 14.7 Å². The lowest BCUT2D eigenvalue weighted by atomic mass is 10.0. The first-order chi connectivity index (χ1) is 12.6. The summed E-state index contributed by atoms with van der Waals surface area (Å²) in [6.45, 7) is 3.54. The molecule has 0 unspecified atom stereocenters. The number of amides is 2. The van der Waals surface area contributed by atoms with E-state index in [4.69, 9.17) is 0 Å². The van der Waals surface area contributed by atoms with Crippen LogP contribution in [-0.4, -0.2) is 70.8 Å². The molecule has 2 amide bonds. The van der Waals surface area contributed by atoms with Gasteiger partial charge in [0.1, 0.15) is 0 Å². The second-order valence-corrected chi connectivity index (χ2v) is 7.54. The van der Waals surface area contributed by atoms with E-state index in [0.717, 1.165) is 50.8 Å². The van der Waals surface area contributed by atoms with Crippen molar-refractivity contribution in [2.24, 2.45) is 0 Å². The Morgan fingerprint density at radius 1 is 1.15 bits per heavy atom. The van der Waals surface area contributed by atoms with E-state index >= 15 is 0 Å². The molecule has 1 aromatic rings. The van der Waals surface area contributed by atoms with Gasteiger partial charge in [0.2, 0.25) is 11.8 Å². The lowest BCUT2D eigenvalue weighted by Crippen LogP contribution is -2.50. The van der Waals surface area contributed by atoms with Gasteiger partial charge in [-0.15, -0.1) is 0 Å². The molecule has 6 heteroatoms. The summed E-state index contributed by atoms with van der Waals surface area (Å²) < 4.78 is 0. The second kappa shape index (κ2) is 9.12. The lowest BCUT2D eigenvalue weighted by Gasteiger charge is -2.38. The summed E-state index contributed by atoms with van der Waals surface area (Å²) in [7, 11) is 2.13. The van der Waals surface area contributed by atoms with Crippen LogP contribution in [-0.2, 0) is 16.1 Å². The van der Waals surface area contributed by atoms with Crippen LogP contribution in [0.5, 0.6) is 0 Å². The first kappa shape index (κ1) is 18.8. The summed E-state index contributed by atoms with van der Waals surface area (Å²) in [5, 5.41) is 0. The zero-order valence-corrected chi connectivity index (χ0v) is 15.8. The van der Waals surface area contributed by atoms with Crippen LogP contribution in [0.25, 0.3) is 0 Å². The van der Waals surface area contributed by atoms with Crippen LogP contribution >= 0.6 is 0 Å². The van der Waals surface area contributed by atoms with Crippen molar-refractivity contribution in [2.75, 3.05) is 33.2 Å². The Kier molecular flexibility index (Phi) is 6.61. The molecule has 6 nitrogen and oxygen atoms in total. The maximum Gasteiger partial charge on any atom is 0.242 e. The number of pyridine rings is 1. The summed E-state index contributed by atoms with van der Waals surface area (Å²) in [5.74, 6) is 0.203. The summed E-state index contributed by atoms with van der Waals surface area (Å²) in [5.41, 5.74) is 1.09. The molecular formula is C20H30N4O2. The molecule has 2 aliphatic heterocycles. The van der Waals surface area contributed by atoms with Crippen LogP contribution in [0.3, 0.4) is 0 Å². The number of likely N-dealkylation sites (tertiary alicyclic amines) is 2. The van der Waals surface area contributed by atoms with Crippen molar-refractivity contribution in [3.05, 3.63) is 30.1 Å². The van der Waals surface area contributed by atoms with E-state index in [1.807, 2.05) is 17.0 Å². The number of carbonyl (C=O) groups excluding carboxylic acids is 2. The summed E-state index contributed by atoms with van der Waals surface area (Å²) in [6.07, 6.45) is 9.10. The lowest BCUT2D eigenvalue weighted by molar-refractivity contribution is -0.142. The van der Waals surface area contributed by atoms with Gasteiger partial charge in [-0.05, 0) is 63.5 Å². The van der Waals surface area contributed by atoms with E-state index in [1.54, 1.807) is 17.3 Å². The Hall–Kier alpha value is -1.95. The number of hydrogen-bond donors (Lipinski definition) is 0. The SMILES string of the molecule is CN1CCC(N(Cc2ccncc2)C(=O)CN2CCCCCC2=O)CC1. The van der Waals surface area contributed by atoms with E-state index in [1.165, 1.54) is 0 Å². The standard InChI is InChI=1S/C20H30N4O2/c1-22-13-8-18(9-14-22)24(15-17-6-10-21-11-7-17)20(26)16-23-12-4-2-3-5-19(23)25/h6-7,10-11,18H,2-5,8-9,12-16H2,1H3. The third-order valence-corrected chi connectivity index (χ3v) is 5.55. The molecule has 3 heterocycles. The van der Waals surface area contributed by atoms with E-state index < -0.39 is 0 Å². The molecule has 142 valence electrons. The van der Waals surface area contributed by atoms with Gasteiger partial charge in [-0.1, -0.05) is 6.42 Å². The maximum absolute atomic E-state index is 13.2. The molecule has 26 heavy (non-hydrogen) atoms. The highest BCUT2D eigenvalue weighted by Gasteiger charge is 2.29. The van der Waals surface area contributed by atoms with E-state index in [9.17, 15) is 9.59 Å².